The van der Waals surface area contributed by atoms with Gasteiger partial charge in [-0.3, -0.25) is 4.79 Å². The number of carboxylic acids is 1. The van der Waals surface area contributed by atoms with Gasteiger partial charge in [0, 0.05) is 18.6 Å². The number of rotatable bonds is 6. The number of aryl methyl sites for hydroxylation is 2. The zero-order valence-electron chi connectivity index (χ0n) is 14.0. The first-order valence-corrected chi connectivity index (χ1v) is 8.06. The molecule has 0 saturated heterocycles. The molecule has 0 saturated carbocycles. The summed E-state index contributed by atoms with van der Waals surface area (Å²) in [7, 11) is 0. The van der Waals surface area contributed by atoms with Crippen molar-refractivity contribution >= 4 is 11.9 Å². The average molecular weight is 319 g/mol. The van der Waals surface area contributed by atoms with Gasteiger partial charge < -0.3 is 15.2 Å². The predicted molar refractivity (Wildman–Crippen MR) is 87.7 cm³/mol. The second kappa shape index (κ2) is 7.13. The van der Waals surface area contributed by atoms with Crippen LogP contribution in [0.25, 0.3) is 0 Å². The van der Waals surface area contributed by atoms with E-state index in [1.807, 2.05) is 32.9 Å². The smallest absolute Gasteiger partial charge is 0.326 e. The number of hydrogen-bond donors (Lipinski definition) is 2. The molecule has 5 heteroatoms. The first kappa shape index (κ1) is 17.5. The van der Waals surface area contributed by atoms with Crippen LogP contribution in [-0.2, 0) is 22.4 Å². The number of hydrogen-bond acceptors (Lipinski definition) is 3. The minimum atomic E-state index is -1.04. The molecule has 23 heavy (non-hydrogen) atoms. The third-order valence-electron chi connectivity index (χ3n) is 3.91. The fourth-order valence-electron chi connectivity index (χ4n) is 2.69. The largest absolute Gasteiger partial charge is 0.480 e. The quantitative estimate of drug-likeness (QED) is 0.845. The van der Waals surface area contributed by atoms with Gasteiger partial charge >= 0.3 is 5.97 Å². The molecule has 126 valence electrons. The van der Waals surface area contributed by atoms with E-state index >= 15 is 0 Å². The fraction of sp³-hybridized carbons (Fsp3) is 0.556. The molecule has 1 aliphatic rings. The summed E-state index contributed by atoms with van der Waals surface area (Å²) < 4.78 is 5.54. The van der Waals surface area contributed by atoms with Gasteiger partial charge in [0.05, 0.1) is 5.60 Å². The lowest BCUT2D eigenvalue weighted by molar-refractivity contribution is -0.140. The molecule has 1 atom stereocenters. The van der Waals surface area contributed by atoms with Gasteiger partial charge in [-0.1, -0.05) is 6.07 Å². The summed E-state index contributed by atoms with van der Waals surface area (Å²) in [5.41, 5.74) is 2.68. The number of carbonyl (C=O) groups is 2. The Hall–Kier alpha value is -1.88. The Morgan fingerprint density at radius 2 is 1.96 bits per heavy atom. The molecule has 1 amide bonds. The second-order valence-electron chi connectivity index (χ2n) is 6.95. The lowest BCUT2D eigenvalue weighted by Crippen LogP contribution is -2.42. The van der Waals surface area contributed by atoms with Crippen LogP contribution in [0.15, 0.2) is 18.2 Å². The van der Waals surface area contributed by atoms with E-state index in [1.54, 1.807) is 6.07 Å². The number of amides is 1. The van der Waals surface area contributed by atoms with Crippen molar-refractivity contribution in [2.24, 2.45) is 0 Å². The predicted octanol–water partition coefficient (Wildman–Crippen LogP) is 2.56. The molecular formula is C18H25NO4. The highest BCUT2D eigenvalue weighted by molar-refractivity contribution is 5.96. The molecule has 1 aromatic rings. The Balaban J connectivity index is 1.96. The monoisotopic (exact) mass is 319 g/mol. The van der Waals surface area contributed by atoms with Crippen LogP contribution in [0.3, 0.4) is 0 Å². The van der Waals surface area contributed by atoms with Crippen LogP contribution in [0, 0.1) is 0 Å². The highest BCUT2D eigenvalue weighted by Crippen LogP contribution is 2.22. The van der Waals surface area contributed by atoms with Gasteiger partial charge in [-0.25, -0.2) is 4.79 Å². The molecule has 0 heterocycles. The molecule has 2 rings (SSSR count). The van der Waals surface area contributed by atoms with Crippen LogP contribution in [0.2, 0.25) is 0 Å². The summed E-state index contributed by atoms with van der Waals surface area (Å²) in [6, 6.07) is 4.67. The van der Waals surface area contributed by atoms with Crippen molar-refractivity contribution in [3.63, 3.8) is 0 Å². The van der Waals surface area contributed by atoms with Crippen LogP contribution in [0.5, 0.6) is 0 Å². The number of nitrogens with one attached hydrogen (secondary N) is 1. The molecular weight excluding hydrogens is 294 g/mol. The van der Waals surface area contributed by atoms with Crippen molar-refractivity contribution in [3.8, 4) is 0 Å². The Morgan fingerprint density at radius 3 is 2.61 bits per heavy atom. The molecule has 5 nitrogen and oxygen atoms in total. The fourth-order valence-corrected chi connectivity index (χ4v) is 2.69. The summed E-state index contributed by atoms with van der Waals surface area (Å²) in [6.07, 6.45) is 3.39. The molecule has 1 aromatic carbocycles. The van der Waals surface area contributed by atoms with Crippen molar-refractivity contribution < 1.29 is 19.4 Å². The van der Waals surface area contributed by atoms with E-state index in [0.29, 0.717) is 5.56 Å². The molecule has 2 N–H and O–H groups in total. The van der Waals surface area contributed by atoms with E-state index in [0.717, 1.165) is 19.3 Å². The molecule has 0 aliphatic heterocycles. The van der Waals surface area contributed by atoms with Crippen LogP contribution < -0.4 is 5.32 Å². The van der Waals surface area contributed by atoms with E-state index in [1.165, 1.54) is 11.1 Å². The Morgan fingerprint density at radius 1 is 1.26 bits per heavy atom. The van der Waals surface area contributed by atoms with Crippen LogP contribution in [0.4, 0.5) is 0 Å². The summed E-state index contributed by atoms with van der Waals surface area (Å²) in [6.45, 7) is 6.01. The minimum Gasteiger partial charge on any atom is -0.480 e. The average Bonchev–Trinajstić information content (AvgIpc) is 2.91. The van der Waals surface area contributed by atoms with E-state index in [4.69, 9.17) is 4.74 Å². The van der Waals surface area contributed by atoms with Crippen molar-refractivity contribution in [3.05, 3.63) is 34.9 Å². The Labute approximate surface area is 137 Å². The zero-order valence-corrected chi connectivity index (χ0v) is 14.0. The van der Waals surface area contributed by atoms with Crippen molar-refractivity contribution in [2.45, 2.75) is 58.1 Å². The summed E-state index contributed by atoms with van der Waals surface area (Å²) in [4.78, 5) is 23.6. The molecule has 0 radical (unpaired) electrons. The van der Waals surface area contributed by atoms with Crippen LogP contribution >= 0.6 is 0 Å². The van der Waals surface area contributed by atoms with Crippen molar-refractivity contribution in [2.75, 3.05) is 6.61 Å². The van der Waals surface area contributed by atoms with Gasteiger partial charge in [0.2, 0.25) is 0 Å². The van der Waals surface area contributed by atoms with Crippen molar-refractivity contribution in [1.82, 2.24) is 5.32 Å². The topological polar surface area (TPSA) is 75.6 Å². The second-order valence-corrected chi connectivity index (χ2v) is 6.95. The maximum Gasteiger partial charge on any atom is 0.326 e. The third-order valence-corrected chi connectivity index (χ3v) is 3.91. The highest BCUT2D eigenvalue weighted by Gasteiger charge is 2.22. The van der Waals surface area contributed by atoms with Gasteiger partial charge in [-0.2, -0.15) is 0 Å². The lowest BCUT2D eigenvalue weighted by Gasteiger charge is -2.21. The van der Waals surface area contributed by atoms with Gasteiger partial charge in [0.15, 0.2) is 0 Å². The van der Waals surface area contributed by atoms with Gasteiger partial charge in [-0.05, 0) is 63.3 Å². The normalized spacial score (nSPS) is 15.1. The first-order valence-electron chi connectivity index (χ1n) is 8.06. The molecule has 0 spiro atoms. The SMILES string of the molecule is CC(C)(C)OCCC(NC(=O)c1ccc2c(c1)CCC2)C(=O)O. The van der Waals surface area contributed by atoms with Crippen LogP contribution in [-0.4, -0.2) is 35.2 Å². The number of fused-ring (bicyclic) bond motifs is 1. The number of ether oxygens (including phenoxy) is 1. The molecule has 0 aromatic heterocycles. The van der Waals surface area contributed by atoms with Gasteiger partial charge in [-0.15, -0.1) is 0 Å². The van der Waals surface area contributed by atoms with Crippen LogP contribution in [0.1, 0.15) is 55.1 Å². The zero-order chi connectivity index (χ0) is 17.0. The highest BCUT2D eigenvalue weighted by atomic mass is 16.5. The molecule has 0 fully saturated rings. The summed E-state index contributed by atoms with van der Waals surface area (Å²) in [5.74, 6) is -1.39. The Kier molecular flexibility index (Phi) is 5.42. The maximum atomic E-state index is 12.3. The number of carbonyl (C=O) groups excluding carboxylic acids is 1. The summed E-state index contributed by atoms with van der Waals surface area (Å²) in [5, 5.41) is 11.9. The lowest BCUT2D eigenvalue weighted by atomic mass is 10.1. The number of aliphatic carboxylic acids is 1. The van der Waals surface area contributed by atoms with Gasteiger partial charge in [0.1, 0.15) is 6.04 Å². The van der Waals surface area contributed by atoms with Crippen molar-refractivity contribution in [1.29, 1.82) is 0 Å². The Bertz CT molecular complexity index is 589. The van der Waals surface area contributed by atoms with E-state index < -0.39 is 12.0 Å². The van der Waals surface area contributed by atoms with E-state index in [-0.39, 0.29) is 24.5 Å². The summed E-state index contributed by atoms with van der Waals surface area (Å²) >= 11 is 0. The molecule has 1 aliphatic carbocycles. The molecule has 0 bridgehead atoms. The molecule has 1 unspecified atom stereocenters. The minimum absolute atomic E-state index is 0.239. The maximum absolute atomic E-state index is 12.3. The standard InChI is InChI=1S/C18H25NO4/c1-18(2,3)23-10-9-15(17(21)22)19-16(20)14-8-7-12-5-4-6-13(12)11-14/h7-8,11,15H,4-6,9-10H2,1-3H3,(H,19,20)(H,21,22). The third kappa shape index (κ3) is 5.06. The van der Waals surface area contributed by atoms with E-state index in [9.17, 15) is 14.7 Å². The first-order chi connectivity index (χ1) is 10.8. The number of benzene rings is 1. The van der Waals surface area contributed by atoms with E-state index in [2.05, 4.69) is 5.32 Å². The number of carboxylic acid groups (broad SMARTS) is 1. The van der Waals surface area contributed by atoms with Gasteiger partial charge in [0.25, 0.3) is 5.91 Å².